The molecule has 1 aliphatic rings. The molecule has 0 saturated carbocycles. The van der Waals surface area contributed by atoms with Crippen molar-refractivity contribution in [1.82, 2.24) is 9.44 Å². The standard InChI is InChI=1S/C106H156N4O16S2Si2/c1-23-121-129(122-24-2,123-25-3)61-45-41-37-33-29-31-35-39-43-59-117-99-77-63-81-71-87(105(13,14)15)73-83(101(81)119-75-97(111)107-127(113,114)95-57-49-51-89-91(95)53-47-55-93(89)109(19)20)65-79-69-86(104(10,11)12)70-80(100(79)118-60-44-40-36-32-30-34-38-42-46-62-130(124-26-4,125-27-5)126-28-6)66-84-74-88(106(16,17)18)72-82(64-78(99)68-85(67-77)103(7,8)9)102(84)120-76-98(112)108-128(115,116)96-58-50-52-90-92(96)54-48-56-94(90)110(21)22/h47-58,67-74H,23-46,59-66,75-76H2,1-22H3,(H,107,111)(H,108,112). The van der Waals surface area contributed by atoms with E-state index >= 15 is 0 Å². The second-order valence-corrected chi connectivity index (χ2v) is 48.2. The van der Waals surface area contributed by atoms with Gasteiger partial charge in [0.05, 0.1) is 23.0 Å². The predicted octanol–water partition coefficient (Wildman–Crippen LogP) is 23.6. The second kappa shape index (κ2) is 48.3. The Bertz CT molecular complexity index is 4820. The summed E-state index contributed by atoms with van der Waals surface area (Å²) in [7, 11) is -6.71. The van der Waals surface area contributed by atoms with Gasteiger partial charge in [-0.1, -0.05) is 270 Å². The van der Waals surface area contributed by atoms with Crippen LogP contribution in [0.5, 0.6) is 23.0 Å². The van der Waals surface area contributed by atoms with Gasteiger partial charge in [-0.05, 0) is 180 Å². The fraction of sp³-hybridized carbons (Fsp3) is 0.566. The Kier molecular flexibility index (Phi) is 39.3. The number of fused-ring (bicyclic) bond motifs is 10. The lowest BCUT2D eigenvalue weighted by atomic mass is 9.79. The highest BCUT2D eigenvalue weighted by molar-refractivity contribution is 7.90. The van der Waals surface area contributed by atoms with Crippen LogP contribution in [-0.2, 0) is 104 Å². The highest BCUT2D eigenvalue weighted by Gasteiger charge is 2.41. The van der Waals surface area contributed by atoms with Gasteiger partial charge in [-0.2, -0.15) is 0 Å². The van der Waals surface area contributed by atoms with Crippen LogP contribution >= 0.6 is 0 Å². The van der Waals surface area contributed by atoms with Crippen LogP contribution in [0.3, 0.4) is 0 Å². The Morgan fingerprint density at radius 2 is 0.538 bits per heavy atom. The number of unbranched alkanes of at least 4 members (excludes halogenated alkanes) is 16. The van der Waals surface area contributed by atoms with Gasteiger partial charge in [0, 0.05) is 139 Å². The molecular formula is C106H156N4O16S2Si2. The summed E-state index contributed by atoms with van der Waals surface area (Å²) in [6, 6.07) is 40.6. The zero-order valence-electron chi connectivity index (χ0n) is 82.8. The van der Waals surface area contributed by atoms with E-state index < -0.39 is 84.3 Å². The van der Waals surface area contributed by atoms with Crippen LogP contribution in [-0.4, -0.2) is 141 Å². The number of nitrogens with one attached hydrogen (secondary N) is 2. The summed E-state index contributed by atoms with van der Waals surface area (Å²) in [5, 5.41) is 2.39. The lowest BCUT2D eigenvalue weighted by molar-refractivity contribution is -0.122. The zero-order chi connectivity index (χ0) is 94.8. The van der Waals surface area contributed by atoms with Crippen molar-refractivity contribution in [2.45, 2.75) is 309 Å². The molecule has 2 N–H and O–H groups in total. The first-order valence-electron chi connectivity index (χ1n) is 48.1. The molecule has 0 heterocycles. The van der Waals surface area contributed by atoms with Gasteiger partial charge in [0.25, 0.3) is 31.9 Å². The third-order valence-electron chi connectivity index (χ3n) is 24.3. The number of hydrogen-bond donors (Lipinski definition) is 2. The zero-order valence-corrected chi connectivity index (χ0v) is 86.5. The third kappa shape index (κ3) is 29.6. The number of sulfonamides is 2. The first-order chi connectivity index (χ1) is 61.6. The molecule has 0 saturated heterocycles. The summed E-state index contributed by atoms with van der Waals surface area (Å²) >= 11 is 0. The van der Waals surface area contributed by atoms with E-state index in [0.717, 1.165) is 217 Å². The van der Waals surface area contributed by atoms with E-state index in [4.69, 9.17) is 45.5 Å². The van der Waals surface area contributed by atoms with E-state index in [1.807, 2.05) is 116 Å². The number of nitrogens with zero attached hydrogens (tertiary/aromatic N) is 2. The first kappa shape index (κ1) is 106. The smallest absolute Gasteiger partial charge is 0.493 e. The average Bonchev–Trinajstić information content (AvgIpc) is 0.767. The van der Waals surface area contributed by atoms with Crippen LogP contribution < -0.4 is 38.2 Å². The van der Waals surface area contributed by atoms with Crippen molar-refractivity contribution in [1.29, 1.82) is 0 Å². The van der Waals surface area contributed by atoms with Crippen LogP contribution in [0.2, 0.25) is 12.1 Å². The van der Waals surface area contributed by atoms with Crippen molar-refractivity contribution in [3.63, 3.8) is 0 Å². The molecule has 24 heteroatoms. The summed E-state index contributed by atoms with van der Waals surface area (Å²) in [5.41, 5.74) is 10.6. The van der Waals surface area contributed by atoms with Crippen molar-refractivity contribution >= 4 is 82.4 Å². The lowest BCUT2D eigenvalue weighted by Gasteiger charge is -2.29. The molecule has 0 fully saturated rings. The van der Waals surface area contributed by atoms with Crippen molar-refractivity contribution in [3.05, 3.63) is 188 Å². The third-order valence-corrected chi connectivity index (χ3v) is 33.5. The van der Waals surface area contributed by atoms with Gasteiger partial charge in [0.2, 0.25) is 0 Å². The van der Waals surface area contributed by atoms with Gasteiger partial charge in [-0.3, -0.25) is 9.59 Å². The minimum absolute atomic E-state index is 0.0301. The van der Waals surface area contributed by atoms with Crippen LogP contribution in [0.1, 0.15) is 307 Å². The van der Waals surface area contributed by atoms with Gasteiger partial charge in [0.1, 0.15) is 23.0 Å². The molecule has 0 atom stereocenters. The van der Waals surface area contributed by atoms with Gasteiger partial charge in [-0.25, -0.2) is 26.3 Å². The number of carbonyl (C=O) groups excluding carboxylic acids is 2. The van der Waals surface area contributed by atoms with Crippen LogP contribution in [0.15, 0.2) is 131 Å². The molecule has 0 aliphatic heterocycles. The molecule has 8 aromatic rings. The Morgan fingerprint density at radius 3 is 0.777 bits per heavy atom. The summed E-state index contributed by atoms with van der Waals surface area (Å²) in [5.74, 6) is 0.544. The van der Waals surface area contributed by atoms with Crippen molar-refractivity contribution in [2.75, 3.05) is 104 Å². The van der Waals surface area contributed by atoms with Gasteiger partial charge in [-0.15, -0.1) is 0 Å². The average molecular weight is 1860 g/mol. The Morgan fingerprint density at radius 1 is 0.315 bits per heavy atom. The molecule has 2 amide bonds. The topological polar surface area (TPSA) is 225 Å². The molecular weight excluding hydrogens is 1710 g/mol. The molecule has 716 valence electrons. The van der Waals surface area contributed by atoms with Gasteiger partial charge >= 0.3 is 17.6 Å². The predicted molar refractivity (Wildman–Crippen MR) is 535 cm³/mol. The quantitative estimate of drug-likeness (QED) is 0.0267. The number of hydrogen-bond acceptors (Lipinski definition) is 18. The van der Waals surface area contributed by atoms with E-state index in [9.17, 15) is 26.4 Å². The van der Waals surface area contributed by atoms with E-state index in [1.54, 1.807) is 24.3 Å². The summed E-state index contributed by atoms with van der Waals surface area (Å²) in [4.78, 5) is 33.7. The number of ether oxygens (including phenoxy) is 4. The van der Waals surface area contributed by atoms with E-state index in [1.165, 1.54) is 12.1 Å². The molecule has 0 spiro atoms. The Balaban J connectivity index is 1.17. The highest BCUT2D eigenvalue weighted by Crippen LogP contribution is 2.46. The number of benzene rings is 8. The normalized spacial score (nSPS) is 13.1. The van der Waals surface area contributed by atoms with E-state index in [-0.39, 0.29) is 35.5 Å². The molecule has 0 aromatic heterocycles. The maximum absolute atomic E-state index is 15.0. The minimum Gasteiger partial charge on any atom is -0.493 e. The Labute approximate surface area is 783 Å². The maximum Gasteiger partial charge on any atom is 0.500 e. The highest BCUT2D eigenvalue weighted by atomic mass is 32.2. The molecule has 8 aromatic carbocycles. The molecule has 9 rings (SSSR count). The molecule has 130 heavy (non-hydrogen) atoms. The number of anilines is 2. The molecule has 0 radical (unpaired) electrons. The SMILES string of the molecule is CCO[Si](CCCCCCCCCCCOc1c2cc(C(C)(C)C)cc1Cc1cc(C(C)(C)C)cc(c1OCC(=O)NS(=O)(=O)c1cccc3c(N(C)C)cccc13)Cc1cc(C(C)(C)C)cc(c1OCCCCCCCCCCC[Si](OCC)(OCC)OCC)Cc1cc(C(C)(C)C)cc(c1OCC(=O)NS(=O)(=O)c1cccc3c(N(C)C)cccc13)C2)(OCC)OCC. The molecule has 0 unspecified atom stereocenters. The number of rotatable bonds is 50. The fourth-order valence-electron chi connectivity index (χ4n) is 17.6. The van der Waals surface area contributed by atoms with Crippen LogP contribution in [0.25, 0.3) is 21.5 Å². The van der Waals surface area contributed by atoms with E-state index in [0.29, 0.717) is 86.6 Å². The second-order valence-electron chi connectivity index (χ2n) is 39.4. The molecule has 8 bridgehead atoms. The van der Waals surface area contributed by atoms with Crippen molar-refractivity contribution < 1.29 is 71.9 Å². The molecule has 20 nitrogen and oxygen atoms in total. The monoisotopic (exact) mass is 1860 g/mol. The lowest BCUT2D eigenvalue weighted by Crippen LogP contribution is -2.45. The summed E-state index contributed by atoms with van der Waals surface area (Å²) in [6.07, 6.45) is 19.6. The first-order valence-corrected chi connectivity index (χ1v) is 55.0. The molecule has 1 aliphatic carbocycles. The largest absolute Gasteiger partial charge is 0.500 e. The van der Waals surface area contributed by atoms with Crippen LogP contribution in [0, 0.1) is 0 Å². The van der Waals surface area contributed by atoms with Crippen molar-refractivity contribution in [2.24, 2.45) is 0 Å². The number of carbonyl (C=O) groups is 2. The van der Waals surface area contributed by atoms with Gasteiger partial charge < -0.3 is 55.3 Å². The summed E-state index contributed by atoms with van der Waals surface area (Å²) in [6.45, 7) is 41.4. The minimum atomic E-state index is -4.48. The van der Waals surface area contributed by atoms with Gasteiger partial charge in [0.15, 0.2) is 13.2 Å². The Hall–Kier alpha value is -7.89. The fourth-order valence-corrected chi connectivity index (χ4v) is 25.4. The maximum atomic E-state index is 15.0. The van der Waals surface area contributed by atoms with Crippen LogP contribution in [0.4, 0.5) is 11.4 Å². The number of amides is 2. The van der Waals surface area contributed by atoms with Crippen molar-refractivity contribution in [3.8, 4) is 23.0 Å². The van der Waals surface area contributed by atoms with E-state index in [2.05, 4.69) is 141 Å². The summed E-state index contributed by atoms with van der Waals surface area (Å²) < 4.78 is 130.